The van der Waals surface area contributed by atoms with Crippen molar-refractivity contribution in [3.63, 3.8) is 0 Å². The number of para-hydroxylation sites is 2. The van der Waals surface area contributed by atoms with Gasteiger partial charge >= 0.3 is 15.2 Å². The Morgan fingerprint density at radius 3 is 1.91 bits per heavy atom. The molecule has 15 heteroatoms. The lowest BCUT2D eigenvalue weighted by molar-refractivity contribution is 0.133. The van der Waals surface area contributed by atoms with Gasteiger partial charge in [-0.25, -0.2) is 0 Å². The summed E-state index contributed by atoms with van der Waals surface area (Å²) in [5.74, 6) is 1.11. The van der Waals surface area contributed by atoms with Gasteiger partial charge in [0.2, 0.25) is 0 Å². The summed E-state index contributed by atoms with van der Waals surface area (Å²) < 4.78 is 35.6. The third-order valence-electron chi connectivity index (χ3n) is 5.95. The van der Waals surface area contributed by atoms with E-state index in [4.69, 9.17) is 25.4 Å². The highest BCUT2D eigenvalue weighted by molar-refractivity contribution is 7.51. The number of rotatable bonds is 19. The number of aliphatic hydroxyl groups excluding tert-OH is 2. The maximum Gasteiger partial charge on any atom is 0.339 e. The minimum Gasteiger partial charge on any atom is -0.494 e. The predicted octanol–water partition coefficient (Wildman–Crippen LogP) is 2.90. The first-order valence-electron chi connectivity index (χ1n) is 13.7. The maximum absolute atomic E-state index is 12.2. The second-order valence-electron chi connectivity index (χ2n) is 9.24. The van der Waals surface area contributed by atoms with E-state index in [9.17, 15) is 28.7 Å². The first kappa shape index (κ1) is 40.9. The number of hydrogen-bond donors (Lipinski definition) is 7. The van der Waals surface area contributed by atoms with Gasteiger partial charge in [-0.2, -0.15) is 0 Å². The molecule has 0 fully saturated rings. The lowest BCUT2D eigenvalue weighted by atomic mass is 10.1. The smallest absolute Gasteiger partial charge is 0.339 e. The van der Waals surface area contributed by atoms with Crippen LogP contribution in [-0.2, 0) is 22.2 Å². The molecule has 0 saturated heterocycles. The summed E-state index contributed by atoms with van der Waals surface area (Å²) in [6.07, 6.45) is 2.09. The molecule has 0 unspecified atom stereocenters. The van der Waals surface area contributed by atoms with E-state index in [2.05, 4.69) is 6.58 Å². The van der Waals surface area contributed by atoms with Crippen molar-refractivity contribution >= 4 is 15.2 Å². The summed E-state index contributed by atoms with van der Waals surface area (Å²) >= 11 is 0. The van der Waals surface area contributed by atoms with Gasteiger partial charge in [-0.1, -0.05) is 49.4 Å². The van der Waals surface area contributed by atoms with E-state index in [0.29, 0.717) is 49.5 Å². The molecule has 0 bridgehead atoms. The van der Waals surface area contributed by atoms with E-state index >= 15 is 0 Å². The fourth-order valence-corrected chi connectivity index (χ4v) is 5.95. The van der Waals surface area contributed by atoms with Gasteiger partial charge in [0.1, 0.15) is 24.1 Å². The average Bonchev–Trinajstić information content (AvgIpc) is 2.95. The molecule has 1 atom stereocenters. The van der Waals surface area contributed by atoms with E-state index in [-0.39, 0.29) is 19.6 Å². The van der Waals surface area contributed by atoms with Crippen molar-refractivity contribution in [1.82, 2.24) is 9.80 Å². The van der Waals surface area contributed by atoms with Crippen LogP contribution in [0.25, 0.3) is 0 Å². The fourth-order valence-electron chi connectivity index (χ4n) is 4.41. The Balaban J connectivity index is 0.00000422. The van der Waals surface area contributed by atoms with Gasteiger partial charge in [0.15, 0.2) is 0 Å². The summed E-state index contributed by atoms with van der Waals surface area (Å²) in [4.78, 5) is 42.9. The third-order valence-corrected chi connectivity index (χ3v) is 7.45. The van der Waals surface area contributed by atoms with Crippen molar-refractivity contribution in [3.05, 3.63) is 72.5 Å². The van der Waals surface area contributed by atoms with Crippen LogP contribution in [0.1, 0.15) is 37.3 Å². The molecule has 0 aliphatic heterocycles. The summed E-state index contributed by atoms with van der Waals surface area (Å²) in [6.45, 7) is 6.78. The predicted molar refractivity (Wildman–Crippen MR) is 168 cm³/mol. The molecule has 0 saturated carbocycles. The van der Waals surface area contributed by atoms with E-state index in [1.54, 1.807) is 40.1 Å². The number of aliphatic hydroxyl groups is 2. The quantitative estimate of drug-likeness (QED) is 0.0665. The van der Waals surface area contributed by atoms with Gasteiger partial charge in [0.05, 0.1) is 12.9 Å². The Labute approximate surface area is 254 Å². The molecule has 2 aromatic rings. The van der Waals surface area contributed by atoms with Crippen molar-refractivity contribution in [2.24, 2.45) is 5.73 Å². The van der Waals surface area contributed by atoms with E-state index < -0.39 is 33.8 Å². The molecule has 2 rings (SSSR count). The molecule has 2 aromatic carbocycles. The molecule has 0 aliphatic carbocycles. The van der Waals surface area contributed by atoms with Crippen molar-refractivity contribution < 1.29 is 48.4 Å². The summed E-state index contributed by atoms with van der Waals surface area (Å²) in [7, 11) is -6.97. The van der Waals surface area contributed by atoms with Gasteiger partial charge in [0, 0.05) is 51.0 Å². The molecule has 13 nitrogen and oxygen atoms in total. The minimum atomic E-state index is -4.50. The number of unbranched alkanes of at least 4 members (excludes halogenated alkanes) is 1. The zero-order chi connectivity index (χ0) is 32.9. The third kappa shape index (κ3) is 17.7. The van der Waals surface area contributed by atoms with Gasteiger partial charge in [-0.3, -0.25) is 18.9 Å². The maximum atomic E-state index is 12.2. The van der Waals surface area contributed by atoms with Crippen molar-refractivity contribution in [1.29, 1.82) is 0 Å². The Morgan fingerprint density at radius 2 is 1.40 bits per heavy atom. The highest BCUT2D eigenvalue weighted by Crippen LogP contribution is 2.39. The zero-order valence-corrected chi connectivity index (χ0v) is 27.0. The molecule has 0 heterocycles. The SMILES string of the molecule is C=COc1ccccc1CN(CP(=O)(O)O)[C@@H](CCCCN)CN(Cc1ccccc1OCC)CP(=O)(O)O.CO.CO. The lowest BCUT2D eigenvalue weighted by Crippen LogP contribution is -2.44. The van der Waals surface area contributed by atoms with Crippen LogP contribution in [0.3, 0.4) is 0 Å². The number of nitrogens with zero attached hydrogens (tertiary/aromatic N) is 2. The highest BCUT2D eigenvalue weighted by Gasteiger charge is 2.30. The number of ether oxygens (including phenoxy) is 2. The molecule has 0 radical (unpaired) electrons. The Hall–Kier alpha value is -2.12. The van der Waals surface area contributed by atoms with Crippen LogP contribution in [0, 0.1) is 0 Å². The molecule has 0 spiro atoms. The Bertz CT molecular complexity index is 1130. The standard InChI is InChI=1S/C26H41N3O8P2.2CH4O/c1-3-36-25-14-7-5-11-22(25)17-28(20-38(30,31)32)19-24(13-9-10-16-27)29(21-39(33,34)35)18-23-12-6-8-15-26(23)37-4-2;2*1-2/h4-8,11-12,14-15,24H,2-3,9-10,13,16-21,27H2,1H3,(H2,30,31,32)(H2,33,34,35);2*2H,1H3/t24-;;/m0../s1. The second kappa shape index (κ2) is 22.4. The van der Waals surface area contributed by atoms with Gasteiger partial charge < -0.3 is 45.0 Å². The van der Waals surface area contributed by atoms with Crippen LogP contribution in [0.4, 0.5) is 0 Å². The van der Waals surface area contributed by atoms with E-state index in [0.717, 1.165) is 19.8 Å². The molecule has 0 amide bonds. The van der Waals surface area contributed by atoms with Gasteiger partial charge in [-0.05, 0) is 38.4 Å². The first-order valence-corrected chi connectivity index (χ1v) is 17.3. The molecular weight excluding hydrogens is 600 g/mol. The topological polar surface area (TPSA) is 206 Å². The van der Waals surface area contributed by atoms with E-state index in [1.165, 1.54) is 6.26 Å². The van der Waals surface area contributed by atoms with E-state index in [1.807, 2.05) is 25.1 Å². The monoisotopic (exact) mass is 649 g/mol. The first-order chi connectivity index (χ1) is 20.5. The molecule has 8 N–H and O–H groups in total. The van der Waals surface area contributed by atoms with Crippen molar-refractivity contribution in [2.45, 2.75) is 45.3 Å². The van der Waals surface area contributed by atoms with Crippen molar-refractivity contribution in [3.8, 4) is 11.5 Å². The number of nitrogens with two attached hydrogens (primary N) is 1. The summed E-state index contributed by atoms with van der Waals surface area (Å²) in [6, 6.07) is 13.9. The lowest BCUT2D eigenvalue weighted by Gasteiger charge is -2.36. The summed E-state index contributed by atoms with van der Waals surface area (Å²) in [5, 5.41) is 14.0. The average molecular weight is 650 g/mol. The molecule has 43 heavy (non-hydrogen) atoms. The minimum absolute atomic E-state index is 0.140. The van der Waals surface area contributed by atoms with Gasteiger partial charge in [0.25, 0.3) is 0 Å². The van der Waals surface area contributed by atoms with Crippen molar-refractivity contribution in [2.75, 3.05) is 46.5 Å². The number of benzene rings is 2. The Morgan fingerprint density at radius 1 is 0.860 bits per heavy atom. The van der Waals surface area contributed by atoms with Crippen LogP contribution >= 0.6 is 15.2 Å². The molecule has 246 valence electrons. The second-order valence-corrected chi connectivity index (χ2v) is 12.5. The van der Waals surface area contributed by atoms with Crippen LogP contribution in [0.5, 0.6) is 11.5 Å². The van der Waals surface area contributed by atoms with Crippen LogP contribution in [0.2, 0.25) is 0 Å². The zero-order valence-electron chi connectivity index (χ0n) is 25.2. The number of hydrogen-bond acceptors (Lipinski definition) is 9. The fraction of sp³-hybridized carbons (Fsp3) is 0.500. The highest BCUT2D eigenvalue weighted by atomic mass is 31.2. The van der Waals surface area contributed by atoms with Crippen LogP contribution in [-0.4, -0.2) is 92.1 Å². The van der Waals surface area contributed by atoms with Crippen LogP contribution < -0.4 is 15.2 Å². The van der Waals surface area contributed by atoms with Crippen LogP contribution in [0.15, 0.2) is 61.4 Å². The summed E-state index contributed by atoms with van der Waals surface area (Å²) in [5.41, 5.74) is 7.15. The Kier molecular flexibility index (Phi) is 21.3. The normalized spacial score (nSPS) is 12.1. The molecular formula is C28H49N3O10P2. The molecule has 0 aliphatic rings. The van der Waals surface area contributed by atoms with Gasteiger partial charge in [-0.15, -0.1) is 0 Å². The molecule has 0 aromatic heterocycles. The largest absolute Gasteiger partial charge is 0.494 e.